The Hall–Kier alpha value is -2.96. The summed E-state index contributed by atoms with van der Waals surface area (Å²) >= 11 is 1.50. The van der Waals surface area contributed by atoms with Crippen LogP contribution in [0.2, 0.25) is 0 Å². The molecule has 1 fully saturated rings. The molecule has 2 aromatic rings. The normalized spacial score (nSPS) is 19.1. The van der Waals surface area contributed by atoms with E-state index in [-0.39, 0.29) is 17.9 Å². The molecule has 158 valence electrons. The van der Waals surface area contributed by atoms with E-state index in [2.05, 4.69) is 27.0 Å². The Morgan fingerprint density at radius 1 is 1.40 bits per heavy atom. The van der Waals surface area contributed by atoms with Crippen LogP contribution in [0.15, 0.2) is 24.3 Å². The molecule has 1 aliphatic heterocycles. The van der Waals surface area contributed by atoms with Gasteiger partial charge in [-0.3, -0.25) is 9.59 Å². The first-order chi connectivity index (χ1) is 14.4. The molecule has 30 heavy (non-hydrogen) atoms. The second kappa shape index (κ2) is 9.69. The Bertz CT molecular complexity index is 967. The average Bonchev–Trinajstić information content (AvgIpc) is 3.36. The molecule has 1 aliphatic rings. The van der Waals surface area contributed by atoms with Crippen LogP contribution < -0.4 is 21.7 Å². The number of aromatic nitrogens is 1. The van der Waals surface area contributed by atoms with Gasteiger partial charge in [0.2, 0.25) is 11.8 Å². The van der Waals surface area contributed by atoms with Gasteiger partial charge in [-0.05, 0) is 62.9 Å². The summed E-state index contributed by atoms with van der Waals surface area (Å²) in [5, 5.41) is 17.8. The van der Waals surface area contributed by atoms with Crippen LogP contribution in [-0.4, -0.2) is 35.4 Å². The number of nitrogen functional groups attached to an aromatic ring is 1. The molecule has 0 saturated carbocycles. The van der Waals surface area contributed by atoms with Crippen molar-refractivity contribution in [2.75, 3.05) is 12.3 Å². The number of nitrogens with two attached hydrogens (primary N) is 1. The maximum absolute atomic E-state index is 12.6. The van der Waals surface area contributed by atoms with Gasteiger partial charge in [-0.25, -0.2) is 4.98 Å². The van der Waals surface area contributed by atoms with E-state index in [1.807, 2.05) is 25.1 Å². The molecule has 2 aromatic heterocycles. The quantitative estimate of drug-likeness (QED) is 0.527. The monoisotopic (exact) mass is 426 g/mol. The van der Waals surface area contributed by atoms with Crippen LogP contribution in [0.5, 0.6) is 0 Å². The predicted molar refractivity (Wildman–Crippen MR) is 115 cm³/mol. The van der Waals surface area contributed by atoms with Gasteiger partial charge in [-0.2, -0.15) is 5.26 Å². The first-order valence-electron chi connectivity index (χ1n) is 9.88. The molecule has 0 bridgehead atoms. The third-order valence-corrected chi connectivity index (χ3v) is 6.23. The lowest BCUT2D eigenvalue weighted by Gasteiger charge is -2.17. The molecular formula is C21H26N6O2S. The SMILES string of the molecule is Cc1nc(N)ccc1CNC(=O)[C@H](C)NC(=O)[C@H]1CC(Cc2ccc(C#N)s2)CN1. The van der Waals surface area contributed by atoms with E-state index < -0.39 is 6.04 Å². The van der Waals surface area contributed by atoms with Gasteiger partial charge in [-0.15, -0.1) is 11.3 Å². The number of pyridine rings is 1. The van der Waals surface area contributed by atoms with Crippen molar-refractivity contribution in [3.63, 3.8) is 0 Å². The minimum atomic E-state index is -0.643. The fourth-order valence-electron chi connectivity index (χ4n) is 3.51. The minimum absolute atomic E-state index is 0.172. The second-order valence-electron chi connectivity index (χ2n) is 7.57. The number of nitrogens with one attached hydrogen (secondary N) is 3. The Morgan fingerprint density at radius 2 is 2.20 bits per heavy atom. The summed E-state index contributed by atoms with van der Waals surface area (Å²) in [6, 6.07) is 8.52. The first kappa shape index (κ1) is 21.7. The van der Waals surface area contributed by atoms with Gasteiger partial charge in [0, 0.05) is 17.1 Å². The van der Waals surface area contributed by atoms with Gasteiger partial charge in [-0.1, -0.05) is 6.07 Å². The lowest BCUT2D eigenvalue weighted by atomic mass is 10.0. The molecule has 1 unspecified atom stereocenters. The Labute approximate surface area is 179 Å². The maximum Gasteiger partial charge on any atom is 0.242 e. The summed E-state index contributed by atoms with van der Waals surface area (Å²) in [6.07, 6.45) is 1.55. The summed E-state index contributed by atoms with van der Waals surface area (Å²) in [6.45, 7) is 4.57. The zero-order chi connectivity index (χ0) is 21.7. The highest BCUT2D eigenvalue weighted by Gasteiger charge is 2.31. The van der Waals surface area contributed by atoms with Crippen molar-refractivity contribution in [3.05, 3.63) is 45.3 Å². The summed E-state index contributed by atoms with van der Waals surface area (Å²) in [7, 11) is 0. The topological polar surface area (TPSA) is 133 Å². The Morgan fingerprint density at radius 3 is 2.90 bits per heavy atom. The summed E-state index contributed by atoms with van der Waals surface area (Å²) in [5.74, 6) is 0.345. The number of nitriles is 1. The van der Waals surface area contributed by atoms with E-state index in [0.717, 1.165) is 29.1 Å². The number of carbonyl (C=O) groups is 2. The van der Waals surface area contributed by atoms with Crippen LogP contribution in [0.1, 0.15) is 34.4 Å². The highest BCUT2D eigenvalue weighted by atomic mass is 32.1. The van der Waals surface area contributed by atoms with Gasteiger partial charge in [0.05, 0.1) is 6.04 Å². The minimum Gasteiger partial charge on any atom is -0.384 e. The smallest absolute Gasteiger partial charge is 0.242 e. The molecule has 1 saturated heterocycles. The van der Waals surface area contributed by atoms with E-state index in [9.17, 15) is 9.59 Å². The van der Waals surface area contributed by atoms with Crippen molar-refractivity contribution >= 4 is 29.0 Å². The van der Waals surface area contributed by atoms with Gasteiger partial charge in [0.25, 0.3) is 0 Å². The number of carbonyl (C=O) groups excluding carboxylic acids is 2. The molecular weight excluding hydrogens is 400 g/mol. The lowest BCUT2D eigenvalue weighted by Crippen LogP contribution is -2.50. The zero-order valence-electron chi connectivity index (χ0n) is 17.1. The fourth-order valence-corrected chi connectivity index (χ4v) is 4.43. The predicted octanol–water partition coefficient (Wildman–Crippen LogP) is 1.25. The highest BCUT2D eigenvalue weighted by Crippen LogP contribution is 2.24. The second-order valence-corrected chi connectivity index (χ2v) is 8.74. The number of hydrogen-bond acceptors (Lipinski definition) is 7. The summed E-state index contributed by atoms with van der Waals surface area (Å²) < 4.78 is 0. The van der Waals surface area contributed by atoms with Crippen molar-refractivity contribution in [3.8, 4) is 6.07 Å². The van der Waals surface area contributed by atoms with Crippen LogP contribution in [0.25, 0.3) is 0 Å². The fraction of sp³-hybridized carbons (Fsp3) is 0.429. The molecule has 0 aliphatic carbocycles. The Balaban J connectivity index is 1.44. The summed E-state index contributed by atoms with van der Waals surface area (Å²) in [4.78, 5) is 31.0. The van der Waals surface area contributed by atoms with Crippen LogP contribution >= 0.6 is 11.3 Å². The molecule has 0 spiro atoms. The molecule has 0 radical (unpaired) electrons. The number of thiophene rings is 1. The largest absolute Gasteiger partial charge is 0.384 e. The van der Waals surface area contributed by atoms with E-state index in [4.69, 9.17) is 11.0 Å². The van der Waals surface area contributed by atoms with Crippen LogP contribution in [0, 0.1) is 24.2 Å². The molecule has 2 amide bonds. The standard InChI is InChI=1S/C21H26N6O2S/c1-12-15(3-6-19(23)26-12)11-25-20(28)13(2)27-21(29)18-8-14(10-24-18)7-16-4-5-17(9-22)30-16/h3-6,13-14,18,24H,7-8,10-11H2,1-2H3,(H2,23,26)(H,25,28)(H,27,29)/t13-,14?,18+/m0/s1. The third kappa shape index (κ3) is 5.55. The average molecular weight is 427 g/mol. The number of hydrogen-bond donors (Lipinski definition) is 4. The molecule has 3 heterocycles. The highest BCUT2D eigenvalue weighted by molar-refractivity contribution is 7.12. The maximum atomic E-state index is 12.6. The van der Waals surface area contributed by atoms with Gasteiger partial charge in [0.15, 0.2) is 0 Å². The molecule has 3 atom stereocenters. The van der Waals surface area contributed by atoms with E-state index in [1.54, 1.807) is 13.0 Å². The van der Waals surface area contributed by atoms with Gasteiger partial charge in [0.1, 0.15) is 22.8 Å². The molecule has 0 aromatic carbocycles. The van der Waals surface area contributed by atoms with Crippen molar-refractivity contribution in [2.24, 2.45) is 5.92 Å². The number of amides is 2. The Kier molecular flexibility index (Phi) is 7.03. The van der Waals surface area contributed by atoms with Crippen LogP contribution in [0.4, 0.5) is 5.82 Å². The number of anilines is 1. The van der Waals surface area contributed by atoms with Crippen molar-refractivity contribution < 1.29 is 9.59 Å². The first-order valence-corrected chi connectivity index (χ1v) is 10.7. The van der Waals surface area contributed by atoms with Crippen molar-refractivity contribution in [1.29, 1.82) is 5.26 Å². The molecule has 8 nitrogen and oxygen atoms in total. The van der Waals surface area contributed by atoms with Crippen LogP contribution in [-0.2, 0) is 22.6 Å². The number of nitrogens with zero attached hydrogens (tertiary/aromatic N) is 2. The summed E-state index contributed by atoms with van der Waals surface area (Å²) in [5.41, 5.74) is 7.29. The van der Waals surface area contributed by atoms with Gasteiger partial charge >= 0.3 is 0 Å². The lowest BCUT2D eigenvalue weighted by molar-refractivity contribution is -0.129. The molecule has 3 rings (SSSR count). The third-order valence-electron chi connectivity index (χ3n) is 5.22. The van der Waals surface area contributed by atoms with Gasteiger partial charge < -0.3 is 21.7 Å². The molecule has 5 N–H and O–H groups in total. The van der Waals surface area contributed by atoms with E-state index >= 15 is 0 Å². The zero-order valence-corrected chi connectivity index (χ0v) is 17.9. The van der Waals surface area contributed by atoms with Crippen molar-refractivity contribution in [2.45, 2.75) is 45.3 Å². The van der Waals surface area contributed by atoms with E-state index in [1.165, 1.54) is 11.3 Å². The van der Waals surface area contributed by atoms with Crippen molar-refractivity contribution in [1.82, 2.24) is 20.9 Å². The van der Waals surface area contributed by atoms with Crippen LogP contribution in [0.3, 0.4) is 0 Å². The molecule has 9 heteroatoms. The number of rotatable bonds is 7. The number of aryl methyl sites for hydroxylation is 1. The van der Waals surface area contributed by atoms with E-state index in [0.29, 0.717) is 29.6 Å².